The first-order valence-corrected chi connectivity index (χ1v) is 8.08. The number of halogens is 5. The van der Waals surface area contributed by atoms with Crippen molar-refractivity contribution < 1.29 is 41.5 Å². The standard InChI is InChI=1S/C17H12ClF4NO6/c1-8(16(24)27-2)28-14-7-10(3-4-13(14)23(25)26)29-15-11(18)5-9(6-12(15)19)17(20,21)22/h3-8H,1-2H3. The molecule has 2 aromatic rings. The number of alkyl halides is 3. The zero-order chi connectivity index (χ0) is 21.9. The van der Waals surface area contributed by atoms with Crippen LogP contribution >= 0.6 is 11.6 Å². The molecule has 1 atom stereocenters. The second-order valence-corrected chi connectivity index (χ2v) is 5.95. The van der Waals surface area contributed by atoms with E-state index < -0.39 is 56.8 Å². The third kappa shape index (κ3) is 5.25. The minimum Gasteiger partial charge on any atom is -0.472 e. The molecule has 0 aliphatic heterocycles. The molecule has 2 rings (SSSR count). The topological polar surface area (TPSA) is 87.9 Å². The molecule has 0 saturated heterocycles. The smallest absolute Gasteiger partial charge is 0.416 e. The van der Waals surface area contributed by atoms with E-state index in [1.807, 2.05) is 0 Å². The molecule has 0 aliphatic rings. The molecule has 0 bridgehead atoms. The molecule has 0 aliphatic carbocycles. The van der Waals surface area contributed by atoms with Crippen molar-refractivity contribution in [3.63, 3.8) is 0 Å². The van der Waals surface area contributed by atoms with Gasteiger partial charge in [-0.2, -0.15) is 13.2 Å². The molecular weight excluding hydrogens is 426 g/mol. The summed E-state index contributed by atoms with van der Waals surface area (Å²) >= 11 is 5.69. The number of hydrogen-bond donors (Lipinski definition) is 0. The predicted octanol–water partition coefficient (Wildman–Crippen LogP) is 5.14. The molecule has 7 nitrogen and oxygen atoms in total. The maximum atomic E-state index is 14.1. The van der Waals surface area contributed by atoms with Gasteiger partial charge in [0.2, 0.25) is 5.75 Å². The highest BCUT2D eigenvalue weighted by atomic mass is 35.5. The van der Waals surface area contributed by atoms with Gasteiger partial charge in [-0.3, -0.25) is 10.1 Å². The monoisotopic (exact) mass is 437 g/mol. The number of methoxy groups -OCH3 is 1. The van der Waals surface area contributed by atoms with Crippen LogP contribution in [0.1, 0.15) is 12.5 Å². The molecule has 0 heterocycles. The molecule has 1 unspecified atom stereocenters. The zero-order valence-electron chi connectivity index (χ0n) is 14.8. The quantitative estimate of drug-likeness (QED) is 0.269. The van der Waals surface area contributed by atoms with Crippen molar-refractivity contribution in [3.05, 3.63) is 56.8 Å². The molecule has 12 heteroatoms. The van der Waals surface area contributed by atoms with Crippen molar-refractivity contribution in [3.8, 4) is 17.2 Å². The lowest BCUT2D eigenvalue weighted by molar-refractivity contribution is -0.386. The maximum absolute atomic E-state index is 14.1. The van der Waals surface area contributed by atoms with E-state index in [1.165, 1.54) is 6.92 Å². The van der Waals surface area contributed by atoms with Crippen LogP contribution in [0.2, 0.25) is 5.02 Å². The summed E-state index contributed by atoms with van der Waals surface area (Å²) in [6.07, 6.45) is -6.04. The predicted molar refractivity (Wildman–Crippen MR) is 91.7 cm³/mol. The average Bonchev–Trinajstić information content (AvgIpc) is 2.62. The Balaban J connectivity index is 2.40. The summed E-state index contributed by atoms with van der Waals surface area (Å²) in [5, 5.41) is 10.5. The van der Waals surface area contributed by atoms with Gasteiger partial charge in [0.05, 0.1) is 22.6 Å². The molecule has 2 aromatic carbocycles. The van der Waals surface area contributed by atoms with Crippen LogP contribution < -0.4 is 9.47 Å². The molecule has 0 N–H and O–H groups in total. The lowest BCUT2D eigenvalue weighted by Crippen LogP contribution is -2.25. The number of esters is 1. The Bertz CT molecular complexity index is 927. The maximum Gasteiger partial charge on any atom is 0.416 e. The fourth-order valence-corrected chi connectivity index (χ4v) is 2.39. The number of nitrogens with zero attached hydrogens (tertiary/aromatic N) is 1. The largest absolute Gasteiger partial charge is 0.472 e. The lowest BCUT2D eigenvalue weighted by atomic mass is 10.2. The normalized spacial score (nSPS) is 12.2. The zero-order valence-corrected chi connectivity index (χ0v) is 15.5. The van der Waals surface area contributed by atoms with Gasteiger partial charge in [-0.25, -0.2) is 9.18 Å². The van der Waals surface area contributed by atoms with Gasteiger partial charge in [0.15, 0.2) is 17.7 Å². The number of hydrogen-bond acceptors (Lipinski definition) is 6. The average molecular weight is 438 g/mol. The van der Waals surface area contributed by atoms with Gasteiger partial charge < -0.3 is 14.2 Å². The summed E-state index contributed by atoms with van der Waals surface area (Å²) in [4.78, 5) is 21.8. The Morgan fingerprint density at radius 3 is 2.41 bits per heavy atom. The lowest BCUT2D eigenvalue weighted by Gasteiger charge is -2.15. The van der Waals surface area contributed by atoms with Gasteiger partial charge in [0.1, 0.15) is 5.75 Å². The molecule has 0 saturated carbocycles. The first kappa shape index (κ1) is 22.2. The number of ether oxygens (including phenoxy) is 3. The van der Waals surface area contributed by atoms with Crippen molar-refractivity contribution in [2.45, 2.75) is 19.2 Å². The minimum absolute atomic E-state index is 0.198. The molecule has 0 amide bonds. The summed E-state index contributed by atoms with van der Waals surface area (Å²) in [7, 11) is 1.09. The van der Waals surface area contributed by atoms with E-state index in [2.05, 4.69) is 4.74 Å². The van der Waals surface area contributed by atoms with E-state index in [1.54, 1.807) is 0 Å². The van der Waals surface area contributed by atoms with E-state index in [4.69, 9.17) is 21.1 Å². The first-order chi connectivity index (χ1) is 13.4. The highest BCUT2D eigenvalue weighted by Crippen LogP contribution is 2.40. The van der Waals surface area contributed by atoms with Crippen LogP contribution in [0.4, 0.5) is 23.2 Å². The number of rotatable bonds is 6. The van der Waals surface area contributed by atoms with Crippen LogP contribution in [-0.4, -0.2) is 24.1 Å². The number of nitro benzene ring substituents is 1. The Labute approximate surface area is 165 Å². The van der Waals surface area contributed by atoms with Gasteiger partial charge >= 0.3 is 17.8 Å². The van der Waals surface area contributed by atoms with Crippen molar-refractivity contribution >= 4 is 23.3 Å². The van der Waals surface area contributed by atoms with Crippen LogP contribution in [0.25, 0.3) is 0 Å². The summed E-state index contributed by atoms with van der Waals surface area (Å²) < 4.78 is 67.0. The third-order valence-corrected chi connectivity index (χ3v) is 3.79. The number of nitro groups is 1. The molecule has 156 valence electrons. The van der Waals surface area contributed by atoms with Crippen molar-refractivity contribution in [1.29, 1.82) is 0 Å². The second kappa shape index (κ2) is 8.52. The van der Waals surface area contributed by atoms with Crippen LogP contribution in [0, 0.1) is 15.9 Å². The van der Waals surface area contributed by atoms with Crippen molar-refractivity contribution in [1.82, 2.24) is 0 Å². The Morgan fingerprint density at radius 1 is 1.24 bits per heavy atom. The highest BCUT2D eigenvalue weighted by Gasteiger charge is 2.33. The fourth-order valence-electron chi connectivity index (χ4n) is 2.15. The summed E-state index contributed by atoms with van der Waals surface area (Å²) in [6, 6.07) is 3.64. The van der Waals surface area contributed by atoms with Crippen molar-refractivity contribution in [2.24, 2.45) is 0 Å². The first-order valence-electron chi connectivity index (χ1n) is 7.71. The molecule has 0 aromatic heterocycles. The molecule has 0 radical (unpaired) electrons. The van der Waals surface area contributed by atoms with E-state index in [0.717, 1.165) is 25.3 Å². The van der Waals surface area contributed by atoms with Crippen LogP contribution in [0.3, 0.4) is 0 Å². The van der Waals surface area contributed by atoms with Gasteiger partial charge in [-0.1, -0.05) is 11.6 Å². The fraction of sp³-hybridized carbons (Fsp3) is 0.235. The van der Waals surface area contributed by atoms with Gasteiger partial charge in [0.25, 0.3) is 0 Å². The molecule has 0 fully saturated rings. The second-order valence-electron chi connectivity index (χ2n) is 5.54. The van der Waals surface area contributed by atoms with Gasteiger partial charge in [-0.15, -0.1) is 0 Å². The van der Waals surface area contributed by atoms with E-state index in [0.29, 0.717) is 6.07 Å². The summed E-state index contributed by atoms with van der Waals surface area (Å²) in [6.45, 7) is 1.27. The van der Waals surface area contributed by atoms with Gasteiger partial charge in [0, 0.05) is 12.1 Å². The third-order valence-electron chi connectivity index (χ3n) is 3.51. The molecule has 0 spiro atoms. The Hall–Kier alpha value is -3.08. The minimum atomic E-state index is -4.82. The SMILES string of the molecule is COC(=O)C(C)Oc1cc(Oc2c(F)cc(C(F)(F)F)cc2Cl)ccc1[N+](=O)[O-]. The van der Waals surface area contributed by atoms with E-state index >= 15 is 0 Å². The van der Waals surface area contributed by atoms with Crippen molar-refractivity contribution in [2.75, 3.05) is 7.11 Å². The number of carbonyl (C=O) groups is 1. The van der Waals surface area contributed by atoms with Crippen LogP contribution in [0.5, 0.6) is 17.2 Å². The number of benzene rings is 2. The Kier molecular flexibility index (Phi) is 6.52. The van der Waals surface area contributed by atoms with Gasteiger partial charge in [-0.05, 0) is 25.1 Å². The highest BCUT2D eigenvalue weighted by molar-refractivity contribution is 6.32. The van der Waals surface area contributed by atoms with Crippen LogP contribution in [-0.2, 0) is 15.7 Å². The van der Waals surface area contributed by atoms with Crippen LogP contribution in [0.15, 0.2) is 30.3 Å². The van der Waals surface area contributed by atoms with E-state index in [-0.39, 0.29) is 11.8 Å². The molecular formula is C17H12ClF4NO6. The number of carbonyl (C=O) groups excluding carboxylic acids is 1. The Morgan fingerprint density at radius 2 is 1.90 bits per heavy atom. The van der Waals surface area contributed by atoms with E-state index in [9.17, 15) is 32.5 Å². The summed E-state index contributed by atoms with van der Waals surface area (Å²) in [5.41, 5.74) is -1.85. The summed E-state index contributed by atoms with van der Waals surface area (Å²) in [5.74, 6) is -3.58. The molecule has 29 heavy (non-hydrogen) atoms.